The van der Waals surface area contributed by atoms with Crippen LogP contribution in [-0.2, 0) is 22.4 Å². The van der Waals surface area contributed by atoms with Gasteiger partial charge in [0, 0.05) is 12.8 Å². The summed E-state index contributed by atoms with van der Waals surface area (Å²) in [5.41, 5.74) is -0.356. The van der Waals surface area contributed by atoms with Crippen LogP contribution in [-0.4, -0.2) is 29.3 Å². The highest BCUT2D eigenvalue weighted by molar-refractivity contribution is 6.02. The van der Waals surface area contributed by atoms with Gasteiger partial charge in [0.05, 0.1) is 7.11 Å². The lowest BCUT2D eigenvalue weighted by Gasteiger charge is -2.31. The molecule has 2 N–H and O–H groups in total. The van der Waals surface area contributed by atoms with Crippen LogP contribution in [0, 0.1) is 5.41 Å². The fraction of sp³-hybridized carbons (Fsp3) is 0.250. The van der Waals surface area contributed by atoms with Crippen LogP contribution in [0.4, 0.5) is 0 Å². The molecule has 0 unspecified atom stereocenters. The number of methoxy groups -OCH3 is 1. The lowest BCUT2D eigenvalue weighted by Crippen LogP contribution is -2.45. The smallest absolute Gasteiger partial charge is 0.321 e. The standard InChI is InChI=1S/C16H14O5/c1-21-12-5-9-3-2-4-10-7-16(14(17)18,15(19)20)8-11(6-12)13(9)10/h2-6H,7-8H2,1H3,(H,17,18)(H,19,20). The number of aliphatic carboxylic acids is 2. The maximum atomic E-state index is 11.6. The van der Waals surface area contributed by atoms with Gasteiger partial charge in [-0.15, -0.1) is 0 Å². The van der Waals surface area contributed by atoms with E-state index in [0.29, 0.717) is 11.3 Å². The summed E-state index contributed by atoms with van der Waals surface area (Å²) >= 11 is 0. The molecule has 3 rings (SSSR count). The first-order valence-electron chi connectivity index (χ1n) is 6.53. The van der Waals surface area contributed by atoms with Gasteiger partial charge in [-0.2, -0.15) is 0 Å². The van der Waals surface area contributed by atoms with E-state index in [0.717, 1.165) is 16.3 Å². The average Bonchev–Trinajstić information content (AvgIpc) is 2.46. The van der Waals surface area contributed by atoms with E-state index >= 15 is 0 Å². The zero-order chi connectivity index (χ0) is 15.2. The Balaban J connectivity index is 2.29. The summed E-state index contributed by atoms with van der Waals surface area (Å²) in [6, 6.07) is 9.11. The molecule has 1 aliphatic carbocycles. The fourth-order valence-corrected chi connectivity index (χ4v) is 3.08. The molecule has 0 aliphatic heterocycles. The Hall–Kier alpha value is -2.56. The number of ether oxygens (including phenoxy) is 1. The molecule has 0 atom stereocenters. The summed E-state index contributed by atoms with van der Waals surface area (Å²) in [7, 11) is 1.53. The van der Waals surface area contributed by atoms with Crippen molar-refractivity contribution in [2.45, 2.75) is 12.8 Å². The third-order valence-corrected chi connectivity index (χ3v) is 4.16. The largest absolute Gasteiger partial charge is 0.497 e. The summed E-state index contributed by atoms with van der Waals surface area (Å²) in [5.74, 6) is -2.01. The van der Waals surface area contributed by atoms with Gasteiger partial charge in [-0.05, 0) is 34.0 Å². The van der Waals surface area contributed by atoms with Crippen molar-refractivity contribution in [2.75, 3.05) is 7.11 Å². The molecule has 0 saturated heterocycles. The molecule has 0 fully saturated rings. The van der Waals surface area contributed by atoms with Gasteiger partial charge < -0.3 is 14.9 Å². The zero-order valence-corrected chi connectivity index (χ0v) is 11.4. The van der Waals surface area contributed by atoms with Gasteiger partial charge in [0.15, 0.2) is 5.41 Å². The van der Waals surface area contributed by atoms with Gasteiger partial charge in [0.2, 0.25) is 0 Å². The Morgan fingerprint density at radius 2 is 1.76 bits per heavy atom. The second kappa shape index (κ2) is 4.48. The lowest BCUT2D eigenvalue weighted by atomic mass is 9.70. The van der Waals surface area contributed by atoms with Crippen molar-refractivity contribution in [2.24, 2.45) is 5.41 Å². The summed E-state index contributed by atoms with van der Waals surface area (Å²) < 4.78 is 5.22. The highest BCUT2D eigenvalue weighted by Crippen LogP contribution is 2.41. The predicted octanol–water partition coefficient (Wildman–Crippen LogP) is 2.10. The van der Waals surface area contributed by atoms with Crippen LogP contribution in [0.3, 0.4) is 0 Å². The molecule has 0 amide bonds. The van der Waals surface area contributed by atoms with Crippen LogP contribution in [0.5, 0.6) is 5.75 Å². The molecule has 21 heavy (non-hydrogen) atoms. The Morgan fingerprint density at radius 1 is 1.10 bits per heavy atom. The van der Waals surface area contributed by atoms with Crippen molar-refractivity contribution in [3.63, 3.8) is 0 Å². The van der Waals surface area contributed by atoms with Crippen molar-refractivity contribution in [1.82, 2.24) is 0 Å². The number of benzene rings is 2. The van der Waals surface area contributed by atoms with Gasteiger partial charge in [0.1, 0.15) is 5.75 Å². The van der Waals surface area contributed by atoms with E-state index in [4.69, 9.17) is 4.74 Å². The SMILES string of the molecule is COc1cc2c3c(cccc3c1)CC(C(=O)O)(C(=O)O)C2. The van der Waals surface area contributed by atoms with Crippen molar-refractivity contribution in [3.8, 4) is 5.75 Å². The maximum Gasteiger partial charge on any atom is 0.321 e. The first-order chi connectivity index (χ1) is 9.98. The van der Waals surface area contributed by atoms with Crippen LogP contribution in [0.15, 0.2) is 30.3 Å². The van der Waals surface area contributed by atoms with E-state index in [1.807, 2.05) is 12.1 Å². The van der Waals surface area contributed by atoms with Crippen LogP contribution < -0.4 is 4.74 Å². The summed E-state index contributed by atoms with van der Waals surface area (Å²) in [5, 5.41) is 20.8. The first kappa shape index (κ1) is 13.4. The van der Waals surface area contributed by atoms with E-state index < -0.39 is 17.4 Å². The second-order valence-corrected chi connectivity index (χ2v) is 5.35. The zero-order valence-electron chi connectivity index (χ0n) is 11.4. The van der Waals surface area contributed by atoms with E-state index in [1.165, 1.54) is 7.11 Å². The molecule has 5 nitrogen and oxygen atoms in total. The number of hydrogen-bond donors (Lipinski definition) is 2. The molecule has 0 radical (unpaired) electrons. The molecule has 2 aromatic rings. The Bertz CT molecular complexity index is 749. The Labute approximate surface area is 120 Å². The van der Waals surface area contributed by atoms with Crippen LogP contribution >= 0.6 is 0 Å². The molecule has 0 bridgehead atoms. The van der Waals surface area contributed by atoms with Gasteiger partial charge in [-0.25, -0.2) is 0 Å². The van der Waals surface area contributed by atoms with Crippen molar-refractivity contribution >= 4 is 22.7 Å². The minimum atomic E-state index is -1.81. The van der Waals surface area contributed by atoms with Crippen molar-refractivity contribution in [1.29, 1.82) is 0 Å². The first-order valence-corrected chi connectivity index (χ1v) is 6.53. The van der Waals surface area contributed by atoms with Gasteiger partial charge in [-0.3, -0.25) is 9.59 Å². The highest BCUT2D eigenvalue weighted by Gasteiger charge is 2.49. The van der Waals surface area contributed by atoms with Crippen LogP contribution in [0.1, 0.15) is 11.1 Å². The predicted molar refractivity (Wildman–Crippen MR) is 75.6 cm³/mol. The molecule has 0 saturated carbocycles. The van der Waals surface area contributed by atoms with E-state index in [9.17, 15) is 19.8 Å². The number of hydrogen-bond acceptors (Lipinski definition) is 3. The average molecular weight is 286 g/mol. The molecule has 2 aromatic carbocycles. The molecule has 108 valence electrons. The van der Waals surface area contributed by atoms with Crippen LogP contribution in [0.25, 0.3) is 10.8 Å². The number of carbonyl (C=O) groups is 2. The molecule has 0 aromatic heterocycles. The quantitative estimate of drug-likeness (QED) is 0.844. The summed E-state index contributed by atoms with van der Waals surface area (Å²) in [6.45, 7) is 0. The summed E-state index contributed by atoms with van der Waals surface area (Å²) in [4.78, 5) is 23.2. The lowest BCUT2D eigenvalue weighted by molar-refractivity contribution is -0.164. The third kappa shape index (κ3) is 1.85. The highest BCUT2D eigenvalue weighted by atomic mass is 16.5. The fourth-order valence-electron chi connectivity index (χ4n) is 3.08. The number of carboxylic acid groups (broad SMARTS) is 2. The van der Waals surface area contributed by atoms with Crippen molar-refractivity contribution in [3.05, 3.63) is 41.5 Å². The topological polar surface area (TPSA) is 83.8 Å². The van der Waals surface area contributed by atoms with E-state index in [1.54, 1.807) is 18.2 Å². The second-order valence-electron chi connectivity index (χ2n) is 5.35. The molecular weight excluding hydrogens is 272 g/mol. The Kier molecular flexibility index (Phi) is 2.86. The normalized spacial score (nSPS) is 15.7. The monoisotopic (exact) mass is 286 g/mol. The summed E-state index contributed by atoms with van der Waals surface area (Å²) in [6.07, 6.45) is -0.0449. The van der Waals surface area contributed by atoms with Crippen molar-refractivity contribution < 1.29 is 24.5 Å². The van der Waals surface area contributed by atoms with Gasteiger partial charge in [-0.1, -0.05) is 18.2 Å². The molecule has 0 spiro atoms. The molecule has 0 heterocycles. The number of carboxylic acids is 2. The minimum Gasteiger partial charge on any atom is -0.497 e. The number of rotatable bonds is 3. The molecule has 1 aliphatic rings. The van der Waals surface area contributed by atoms with Crippen LogP contribution in [0.2, 0.25) is 0 Å². The van der Waals surface area contributed by atoms with Gasteiger partial charge in [0.25, 0.3) is 0 Å². The molecule has 5 heteroatoms. The van der Waals surface area contributed by atoms with E-state index in [2.05, 4.69) is 0 Å². The molecular formula is C16H14O5. The van der Waals surface area contributed by atoms with Gasteiger partial charge >= 0.3 is 11.9 Å². The minimum absolute atomic E-state index is 0.00562. The maximum absolute atomic E-state index is 11.6. The third-order valence-electron chi connectivity index (χ3n) is 4.16. The van der Waals surface area contributed by atoms with E-state index in [-0.39, 0.29) is 12.8 Å². The Morgan fingerprint density at radius 3 is 2.38 bits per heavy atom.